The van der Waals surface area contributed by atoms with E-state index in [-0.39, 0.29) is 18.6 Å². The average molecular weight is 595 g/mol. The van der Waals surface area contributed by atoms with E-state index in [9.17, 15) is 34.2 Å². The van der Waals surface area contributed by atoms with Crippen LogP contribution in [0.1, 0.15) is 37.8 Å². The first-order valence-corrected chi connectivity index (χ1v) is 13.9. The molecule has 13 heteroatoms. The lowest BCUT2D eigenvalue weighted by atomic mass is 9.96. The second kappa shape index (κ2) is 14.8. The fourth-order valence-corrected chi connectivity index (χ4v) is 4.61. The number of carboxylic acid groups (broad SMARTS) is 1. The van der Waals surface area contributed by atoms with Crippen LogP contribution < -0.4 is 27.4 Å². The van der Waals surface area contributed by atoms with Crippen LogP contribution in [0.4, 0.5) is 0 Å². The van der Waals surface area contributed by atoms with Gasteiger partial charge in [-0.3, -0.25) is 19.2 Å². The second-order valence-corrected chi connectivity index (χ2v) is 10.5. The molecule has 0 fully saturated rings. The summed E-state index contributed by atoms with van der Waals surface area (Å²) in [6.45, 7) is 3.50. The number of phenols is 1. The van der Waals surface area contributed by atoms with E-state index in [0.717, 1.165) is 10.9 Å². The van der Waals surface area contributed by atoms with Gasteiger partial charge in [0.05, 0.1) is 12.5 Å². The van der Waals surface area contributed by atoms with Crippen LogP contribution in [0.25, 0.3) is 10.9 Å². The summed E-state index contributed by atoms with van der Waals surface area (Å²) in [5, 5.41) is 27.7. The van der Waals surface area contributed by atoms with Gasteiger partial charge in [-0.25, -0.2) is 4.79 Å². The van der Waals surface area contributed by atoms with E-state index in [0.29, 0.717) is 17.5 Å². The molecule has 0 saturated carbocycles. The summed E-state index contributed by atoms with van der Waals surface area (Å²) in [4.78, 5) is 66.4. The van der Waals surface area contributed by atoms with E-state index >= 15 is 0 Å². The number of primary amides is 1. The number of carboxylic acids is 1. The van der Waals surface area contributed by atoms with Crippen molar-refractivity contribution >= 4 is 40.5 Å². The minimum atomic E-state index is -1.43. The quantitative estimate of drug-likeness (QED) is 0.123. The number of carbonyl (C=O) groups is 5. The number of hydrogen-bond acceptors (Lipinski definition) is 7. The predicted octanol–water partition coefficient (Wildman–Crippen LogP) is 0.447. The maximum absolute atomic E-state index is 13.4. The number of aromatic hydroxyl groups is 1. The first-order chi connectivity index (χ1) is 20.4. The van der Waals surface area contributed by atoms with Gasteiger partial charge in [-0.2, -0.15) is 0 Å². The van der Waals surface area contributed by atoms with Crippen LogP contribution in [-0.2, 0) is 36.8 Å². The Morgan fingerprint density at radius 1 is 0.884 bits per heavy atom. The molecule has 230 valence electrons. The van der Waals surface area contributed by atoms with Crippen molar-refractivity contribution in [3.05, 3.63) is 65.9 Å². The van der Waals surface area contributed by atoms with E-state index in [1.54, 1.807) is 32.2 Å². The normalized spacial score (nSPS) is 14.6. The van der Waals surface area contributed by atoms with Gasteiger partial charge in [-0.15, -0.1) is 0 Å². The Morgan fingerprint density at radius 2 is 1.53 bits per heavy atom. The van der Waals surface area contributed by atoms with Crippen molar-refractivity contribution in [2.45, 2.75) is 63.7 Å². The van der Waals surface area contributed by atoms with Gasteiger partial charge >= 0.3 is 5.97 Å². The molecule has 5 unspecified atom stereocenters. The van der Waals surface area contributed by atoms with E-state index in [1.807, 2.05) is 24.3 Å². The minimum absolute atomic E-state index is 0.00840. The summed E-state index contributed by atoms with van der Waals surface area (Å²) < 4.78 is 0. The Balaban J connectivity index is 1.72. The lowest BCUT2D eigenvalue weighted by Gasteiger charge is -2.28. The molecule has 3 aromatic rings. The smallest absolute Gasteiger partial charge is 0.326 e. The fraction of sp³-hybridized carbons (Fsp3) is 0.367. The van der Waals surface area contributed by atoms with E-state index in [2.05, 4.69) is 20.9 Å². The summed E-state index contributed by atoms with van der Waals surface area (Å²) in [7, 11) is 0. The Morgan fingerprint density at radius 3 is 2.16 bits per heavy atom. The Kier molecular flexibility index (Phi) is 11.2. The number of amides is 4. The number of phenolic OH excluding ortho intramolecular Hbond substituents is 1. The van der Waals surface area contributed by atoms with Gasteiger partial charge in [-0.05, 0) is 41.7 Å². The molecule has 0 saturated heterocycles. The molecule has 5 atom stereocenters. The van der Waals surface area contributed by atoms with Crippen LogP contribution in [0, 0.1) is 5.92 Å². The molecule has 0 aliphatic carbocycles. The Labute approximate surface area is 248 Å². The zero-order valence-electron chi connectivity index (χ0n) is 24.0. The van der Waals surface area contributed by atoms with Crippen molar-refractivity contribution in [3.63, 3.8) is 0 Å². The number of para-hydroxylation sites is 1. The number of aliphatic carboxylic acids is 1. The van der Waals surface area contributed by atoms with Crippen LogP contribution in [-0.4, -0.2) is 69.0 Å². The predicted molar refractivity (Wildman–Crippen MR) is 158 cm³/mol. The minimum Gasteiger partial charge on any atom is -0.508 e. The molecule has 0 aliphatic heterocycles. The van der Waals surface area contributed by atoms with Gasteiger partial charge in [-0.1, -0.05) is 50.6 Å². The van der Waals surface area contributed by atoms with Gasteiger partial charge in [0.1, 0.15) is 23.9 Å². The van der Waals surface area contributed by atoms with Gasteiger partial charge in [0.25, 0.3) is 0 Å². The van der Waals surface area contributed by atoms with Crippen molar-refractivity contribution in [1.82, 2.24) is 20.9 Å². The maximum atomic E-state index is 13.4. The number of rotatable bonds is 15. The number of H-pyrrole nitrogens is 1. The number of carbonyl (C=O) groups excluding carboxylic acids is 4. The third-order valence-corrected chi connectivity index (χ3v) is 7.27. The largest absolute Gasteiger partial charge is 0.508 e. The maximum Gasteiger partial charge on any atom is 0.326 e. The van der Waals surface area contributed by atoms with Crippen LogP contribution in [0.2, 0.25) is 0 Å². The standard InChI is InChI=1S/C30H38N6O7/c1-3-16(2)26(29(41)35-24(30(42)43)13-18-15-33-22-7-5-4-6-20(18)22)36-28(40)23(14-25(32)38)34-27(39)21(31)12-17-8-10-19(37)11-9-17/h4-11,15-16,21,23-24,26,33,37H,3,12-14,31H2,1-2H3,(H2,32,38)(H,34,39)(H,35,41)(H,36,40)(H,42,43). The number of nitrogens with one attached hydrogen (secondary N) is 4. The van der Waals surface area contributed by atoms with Gasteiger partial charge in [0, 0.05) is 23.5 Å². The highest BCUT2D eigenvalue weighted by Gasteiger charge is 2.33. The molecule has 4 amide bonds. The van der Waals surface area contributed by atoms with Crippen molar-refractivity contribution in [2.24, 2.45) is 17.4 Å². The number of aromatic nitrogens is 1. The summed E-state index contributed by atoms with van der Waals surface area (Å²) in [6, 6.07) is 8.42. The van der Waals surface area contributed by atoms with Crippen molar-refractivity contribution in [2.75, 3.05) is 0 Å². The van der Waals surface area contributed by atoms with Crippen LogP contribution in [0.15, 0.2) is 54.7 Å². The number of hydrogen-bond donors (Lipinski definition) is 8. The molecular formula is C30H38N6O7. The summed E-state index contributed by atoms with van der Waals surface area (Å²) in [5.41, 5.74) is 13.5. The first kappa shape index (κ1) is 32.6. The van der Waals surface area contributed by atoms with Crippen molar-refractivity contribution < 1.29 is 34.2 Å². The van der Waals surface area contributed by atoms with Crippen molar-refractivity contribution in [1.29, 1.82) is 0 Å². The monoisotopic (exact) mass is 594 g/mol. The SMILES string of the molecule is CCC(C)C(NC(=O)C(CC(N)=O)NC(=O)C(N)Cc1ccc(O)cc1)C(=O)NC(Cc1c[nH]c2ccccc12)C(=O)O. The van der Waals surface area contributed by atoms with E-state index in [1.165, 1.54) is 12.1 Å². The molecule has 2 aromatic carbocycles. The molecule has 0 spiro atoms. The van der Waals surface area contributed by atoms with Crippen molar-refractivity contribution in [3.8, 4) is 5.75 Å². The van der Waals surface area contributed by atoms with Gasteiger partial charge in [0.15, 0.2) is 0 Å². The molecule has 0 bridgehead atoms. The highest BCUT2D eigenvalue weighted by molar-refractivity contribution is 5.96. The Bertz CT molecular complexity index is 1450. The Hall–Kier alpha value is -4.91. The van der Waals surface area contributed by atoms with Crippen LogP contribution in [0.3, 0.4) is 0 Å². The highest BCUT2D eigenvalue weighted by Crippen LogP contribution is 2.19. The number of aromatic amines is 1. The molecule has 13 nitrogen and oxygen atoms in total. The molecule has 0 radical (unpaired) electrons. The summed E-state index contributed by atoms with van der Waals surface area (Å²) in [5.74, 6) is -4.84. The van der Waals surface area contributed by atoms with E-state index in [4.69, 9.17) is 11.5 Å². The molecule has 0 aliphatic rings. The number of fused-ring (bicyclic) bond motifs is 1. The lowest BCUT2D eigenvalue weighted by molar-refractivity contribution is -0.142. The summed E-state index contributed by atoms with van der Waals surface area (Å²) in [6.07, 6.45) is 1.65. The summed E-state index contributed by atoms with van der Waals surface area (Å²) >= 11 is 0. The van der Waals surface area contributed by atoms with E-state index < -0.39 is 66.1 Å². The molecule has 1 heterocycles. The first-order valence-electron chi connectivity index (χ1n) is 13.9. The topological polar surface area (TPSA) is 230 Å². The zero-order valence-corrected chi connectivity index (χ0v) is 24.0. The van der Waals surface area contributed by atoms with Crippen LogP contribution in [0.5, 0.6) is 5.75 Å². The third kappa shape index (κ3) is 9.04. The fourth-order valence-electron chi connectivity index (χ4n) is 4.61. The highest BCUT2D eigenvalue weighted by atomic mass is 16.4. The number of nitrogens with two attached hydrogens (primary N) is 2. The second-order valence-electron chi connectivity index (χ2n) is 10.5. The number of benzene rings is 2. The molecular weight excluding hydrogens is 556 g/mol. The molecule has 10 N–H and O–H groups in total. The van der Waals surface area contributed by atoms with Gasteiger partial charge < -0.3 is 42.6 Å². The molecule has 1 aromatic heterocycles. The lowest BCUT2D eigenvalue weighted by Crippen LogP contribution is -2.59. The van der Waals surface area contributed by atoms with Gasteiger partial charge in [0.2, 0.25) is 23.6 Å². The molecule has 43 heavy (non-hydrogen) atoms. The third-order valence-electron chi connectivity index (χ3n) is 7.27. The molecule has 3 rings (SSSR count). The van der Waals surface area contributed by atoms with Crippen LogP contribution >= 0.6 is 0 Å². The zero-order chi connectivity index (χ0) is 31.7. The average Bonchev–Trinajstić information content (AvgIpc) is 3.38.